The monoisotopic (exact) mass is 274 g/mol. The van der Waals surface area contributed by atoms with E-state index in [1.165, 1.54) is 11.3 Å². The summed E-state index contributed by atoms with van der Waals surface area (Å²) in [5, 5.41) is 0. The molecule has 0 saturated heterocycles. The number of carbonyl (C=O) groups excluding carboxylic acids is 1. The van der Waals surface area contributed by atoms with Crippen LogP contribution in [0.5, 0.6) is 0 Å². The van der Waals surface area contributed by atoms with Gasteiger partial charge < -0.3 is 0 Å². The largest absolute Gasteiger partial charge is 0.292 e. The Morgan fingerprint density at radius 1 is 1.29 bits per heavy atom. The minimum Gasteiger partial charge on any atom is -0.292 e. The van der Waals surface area contributed by atoms with Crippen molar-refractivity contribution in [3.05, 3.63) is 21.9 Å². The highest BCUT2D eigenvalue weighted by Gasteiger charge is 2.31. The van der Waals surface area contributed by atoms with Crippen LogP contribution in [0, 0.1) is 0 Å². The Balaban J connectivity index is 2.87. The van der Waals surface area contributed by atoms with Crippen LogP contribution in [0.2, 0.25) is 0 Å². The first-order chi connectivity index (χ1) is 7.67. The molecule has 0 spiro atoms. The number of ketones is 1. The lowest BCUT2D eigenvalue weighted by Crippen LogP contribution is -2.33. The molecule has 3 nitrogen and oxygen atoms in total. The van der Waals surface area contributed by atoms with E-state index in [0.717, 1.165) is 11.3 Å². The second kappa shape index (κ2) is 4.90. The first-order valence-corrected chi connectivity index (χ1v) is 7.98. The van der Waals surface area contributed by atoms with Gasteiger partial charge >= 0.3 is 0 Å². The van der Waals surface area contributed by atoms with Crippen molar-refractivity contribution >= 4 is 27.0 Å². The van der Waals surface area contributed by atoms with E-state index in [9.17, 15) is 13.2 Å². The predicted molar refractivity (Wildman–Crippen MR) is 71.6 cm³/mol. The highest BCUT2D eigenvalue weighted by Crippen LogP contribution is 2.21. The zero-order valence-electron chi connectivity index (χ0n) is 10.6. The first-order valence-electron chi connectivity index (χ1n) is 5.51. The van der Waals surface area contributed by atoms with E-state index in [4.69, 9.17) is 0 Å². The van der Waals surface area contributed by atoms with E-state index in [1.807, 2.05) is 13.0 Å². The van der Waals surface area contributed by atoms with Gasteiger partial charge in [0.2, 0.25) is 0 Å². The molecule has 1 rings (SSSR count). The summed E-state index contributed by atoms with van der Waals surface area (Å²) >= 11 is 1.38. The van der Waals surface area contributed by atoms with Crippen LogP contribution in [0.3, 0.4) is 0 Å². The van der Waals surface area contributed by atoms with Crippen LogP contribution >= 0.6 is 11.3 Å². The number of hydrogen-bond donors (Lipinski definition) is 0. The topological polar surface area (TPSA) is 51.2 Å². The van der Waals surface area contributed by atoms with Crippen molar-refractivity contribution in [3.63, 3.8) is 0 Å². The highest BCUT2D eigenvalue weighted by atomic mass is 32.2. The molecule has 17 heavy (non-hydrogen) atoms. The van der Waals surface area contributed by atoms with Crippen molar-refractivity contribution in [2.45, 2.75) is 38.9 Å². The van der Waals surface area contributed by atoms with Gasteiger partial charge in [-0.2, -0.15) is 0 Å². The number of hydrogen-bond acceptors (Lipinski definition) is 4. The Hall–Kier alpha value is -0.680. The van der Waals surface area contributed by atoms with Crippen molar-refractivity contribution in [2.75, 3.05) is 5.75 Å². The Bertz CT molecular complexity index is 504. The second-order valence-electron chi connectivity index (χ2n) is 4.91. The number of carbonyl (C=O) groups is 1. The van der Waals surface area contributed by atoms with Crippen LogP contribution in [-0.4, -0.2) is 24.7 Å². The van der Waals surface area contributed by atoms with Crippen LogP contribution in [0.4, 0.5) is 0 Å². The summed E-state index contributed by atoms with van der Waals surface area (Å²) in [6, 6.07) is 3.59. The van der Waals surface area contributed by atoms with Crippen LogP contribution in [-0.2, 0) is 16.3 Å². The van der Waals surface area contributed by atoms with Crippen molar-refractivity contribution in [1.82, 2.24) is 0 Å². The molecule has 0 amide bonds. The van der Waals surface area contributed by atoms with Gasteiger partial charge in [-0.25, -0.2) is 8.42 Å². The van der Waals surface area contributed by atoms with E-state index < -0.39 is 20.3 Å². The SMILES string of the molecule is CCc1ccc(C(=O)CS(=O)(=O)C(C)(C)C)s1. The normalized spacial score (nSPS) is 12.7. The molecule has 0 aliphatic rings. The molecule has 0 N–H and O–H groups in total. The van der Waals surface area contributed by atoms with Crippen LogP contribution in [0.25, 0.3) is 0 Å². The standard InChI is InChI=1S/C12H18O3S2/c1-5-9-6-7-11(16-9)10(13)8-17(14,15)12(2,3)4/h6-7H,5,8H2,1-4H3. The summed E-state index contributed by atoms with van der Waals surface area (Å²) in [5.74, 6) is -0.704. The predicted octanol–water partition coefficient (Wildman–Crippen LogP) is 2.71. The lowest BCUT2D eigenvalue weighted by atomic mass is 10.3. The van der Waals surface area contributed by atoms with Crippen LogP contribution < -0.4 is 0 Å². The lowest BCUT2D eigenvalue weighted by Gasteiger charge is -2.18. The minimum absolute atomic E-state index is 0.301. The van der Waals surface area contributed by atoms with Gasteiger partial charge in [-0.05, 0) is 39.3 Å². The molecule has 0 aromatic carbocycles. The molecule has 96 valence electrons. The fraction of sp³-hybridized carbons (Fsp3) is 0.583. The van der Waals surface area contributed by atoms with E-state index in [0.29, 0.717) is 4.88 Å². The summed E-state index contributed by atoms with van der Waals surface area (Å²) < 4.78 is 22.9. The maximum absolute atomic E-state index is 11.9. The van der Waals surface area contributed by atoms with Gasteiger partial charge in [-0.1, -0.05) is 6.92 Å². The van der Waals surface area contributed by atoms with Gasteiger partial charge in [-0.15, -0.1) is 11.3 Å². The summed E-state index contributed by atoms with van der Waals surface area (Å²) in [7, 11) is -3.39. The zero-order valence-corrected chi connectivity index (χ0v) is 12.2. The molecule has 0 saturated carbocycles. The van der Waals surface area contributed by atoms with Crippen molar-refractivity contribution in [2.24, 2.45) is 0 Å². The maximum atomic E-state index is 11.9. The third kappa shape index (κ3) is 3.39. The molecule has 0 fully saturated rings. The second-order valence-corrected chi connectivity index (χ2v) is 8.83. The average Bonchev–Trinajstić information content (AvgIpc) is 2.63. The zero-order chi connectivity index (χ0) is 13.3. The molecular formula is C12H18O3S2. The fourth-order valence-electron chi connectivity index (χ4n) is 1.18. The Labute approximate surface area is 107 Å². The van der Waals surface area contributed by atoms with E-state index in [1.54, 1.807) is 26.8 Å². The summed E-state index contributed by atoms with van der Waals surface area (Å²) in [6.07, 6.45) is 0.865. The van der Waals surface area contributed by atoms with E-state index in [-0.39, 0.29) is 5.78 Å². The number of thiophene rings is 1. The summed E-state index contributed by atoms with van der Waals surface area (Å²) in [6.45, 7) is 6.84. The van der Waals surface area contributed by atoms with Gasteiger partial charge in [0, 0.05) is 4.88 Å². The number of Topliss-reactive ketones (excluding diaryl/α,β-unsaturated/α-hetero) is 1. The third-order valence-electron chi connectivity index (χ3n) is 2.54. The fourth-order valence-corrected chi connectivity index (χ4v) is 3.09. The van der Waals surface area contributed by atoms with Gasteiger partial charge in [-0.3, -0.25) is 4.79 Å². The smallest absolute Gasteiger partial charge is 0.187 e. The highest BCUT2D eigenvalue weighted by molar-refractivity contribution is 7.93. The first kappa shape index (κ1) is 14.4. The van der Waals surface area contributed by atoms with Gasteiger partial charge in [0.15, 0.2) is 15.6 Å². The number of rotatable bonds is 4. The van der Waals surface area contributed by atoms with Crippen LogP contribution in [0.15, 0.2) is 12.1 Å². The molecule has 0 atom stereocenters. The minimum atomic E-state index is -3.39. The molecule has 0 aliphatic heterocycles. The molecule has 0 unspecified atom stereocenters. The van der Waals surface area contributed by atoms with Gasteiger partial charge in [0.1, 0.15) is 5.75 Å². The van der Waals surface area contributed by atoms with Crippen molar-refractivity contribution in [3.8, 4) is 0 Å². The Kier molecular flexibility index (Phi) is 4.15. The van der Waals surface area contributed by atoms with Crippen LogP contribution in [0.1, 0.15) is 42.2 Å². The molecule has 0 bridgehead atoms. The maximum Gasteiger partial charge on any atom is 0.187 e. The van der Waals surface area contributed by atoms with Gasteiger partial charge in [0.25, 0.3) is 0 Å². The molecule has 0 aliphatic carbocycles. The summed E-state index contributed by atoms with van der Waals surface area (Å²) in [4.78, 5) is 13.5. The molecule has 0 radical (unpaired) electrons. The van der Waals surface area contributed by atoms with Gasteiger partial charge in [0.05, 0.1) is 9.62 Å². The number of aryl methyl sites for hydroxylation is 1. The third-order valence-corrected chi connectivity index (χ3v) is 6.32. The number of sulfone groups is 1. The van der Waals surface area contributed by atoms with Crippen molar-refractivity contribution in [1.29, 1.82) is 0 Å². The molecule has 1 aromatic heterocycles. The molecular weight excluding hydrogens is 256 g/mol. The van der Waals surface area contributed by atoms with E-state index >= 15 is 0 Å². The lowest BCUT2D eigenvalue weighted by molar-refractivity contribution is 0.102. The molecule has 1 heterocycles. The molecule has 1 aromatic rings. The summed E-state index contributed by atoms with van der Waals surface area (Å²) in [5.41, 5.74) is 0. The Morgan fingerprint density at radius 3 is 2.29 bits per heavy atom. The van der Waals surface area contributed by atoms with Crippen molar-refractivity contribution < 1.29 is 13.2 Å². The molecule has 5 heteroatoms. The quantitative estimate of drug-likeness (QED) is 0.793. The Morgan fingerprint density at radius 2 is 1.88 bits per heavy atom. The average molecular weight is 274 g/mol. The van der Waals surface area contributed by atoms with E-state index in [2.05, 4.69) is 0 Å².